The van der Waals surface area contributed by atoms with E-state index < -0.39 is 0 Å². The standard InChI is InChI=1S/C17H26FN3O.ClH/c1-17(5-6-19-12-17)13-20-7-9-21(10-8-20)15-4-3-14(18)11-16(15)22-2;/h3-4,11,19H,5-10,12-13H2,1-2H3;1H. The number of nitrogens with one attached hydrogen (secondary N) is 1. The van der Waals surface area contributed by atoms with Crippen molar-refractivity contribution in [2.24, 2.45) is 5.41 Å². The molecule has 1 aromatic rings. The second kappa shape index (κ2) is 7.69. The van der Waals surface area contributed by atoms with Gasteiger partial charge in [-0.3, -0.25) is 4.90 Å². The molecule has 3 rings (SSSR count). The summed E-state index contributed by atoms with van der Waals surface area (Å²) in [4.78, 5) is 4.85. The molecule has 130 valence electrons. The smallest absolute Gasteiger partial charge is 0.145 e. The minimum absolute atomic E-state index is 0. The van der Waals surface area contributed by atoms with Gasteiger partial charge in [0.25, 0.3) is 0 Å². The highest BCUT2D eigenvalue weighted by Crippen LogP contribution is 2.31. The highest BCUT2D eigenvalue weighted by atomic mass is 35.5. The Bertz CT molecular complexity index is 515. The van der Waals surface area contributed by atoms with Crippen LogP contribution < -0.4 is 15.0 Å². The topological polar surface area (TPSA) is 27.7 Å². The molecule has 0 spiro atoms. The van der Waals surface area contributed by atoms with Crippen molar-refractivity contribution in [2.45, 2.75) is 13.3 Å². The predicted octanol–water partition coefficient (Wildman–Crippen LogP) is 2.38. The van der Waals surface area contributed by atoms with Crippen molar-refractivity contribution >= 4 is 18.1 Å². The third-order valence-corrected chi connectivity index (χ3v) is 4.92. The number of nitrogens with zero attached hydrogens (tertiary/aromatic N) is 2. The Morgan fingerprint density at radius 1 is 1.26 bits per heavy atom. The molecule has 2 heterocycles. The third kappa shape index (κ3) is 4.28. The van der Waals surface area contributed by atoms with Gasteiger partial charge in [0.05, 0.1) is 12.8 Å². The molecular formula is C17H27ClFN3O. The molecule has 0 aliphatic carbocycles. The molecular weight excluding hydrogens is 317 g/mol. The van der Waals surface area contributed by atoms with Gasteiger partial charge in [-0.05, 0) is 30.5 Å². The summed E-state index contributed by atoms with van der Waals surface area (Å²) in [6.07, 6.45) is 1.26. The summed E-state index contributed by atoms with van der Waals surface area (Å²) in [6.45, 7) is 9.84. The van der Waals surface area contributed by atoms with E-state index in [1.165, 1.54) is 18.6 Å². The summed E-state index contributed by atoms with van der Waals surface area (Å²) < 4.78 is 18.6. The number of hydrogen-bond acceptors (Lipinski definition) is 4. The summed E-state index contributed by atoms with van der Waals surface area (Å²) in [5.41, 5.74) is 1.41. The van der Waals surface area contributed by atoms with E-state index in [2.05, 4.69) is 22.0 Å². The molecule has 0 radical (unpaired) electrons. The lowest BCUT2D eigenvalue weighted by Gasteiger charge is -2.39. The maximum atomic E-state index is 13.3. The first-order valence-corrected chi connectivity index (χ1v) is 8.11. The van der Waals surface area contributed by atoms with Gasteiger partial charge in [-0.1, -0.05) is 6.92 Å². The molecule has 1 N–H and O–H groups in total. The van der Waals surface area contributed by atoms with E-state index in [1.54, 1.807) is 7.11 Å². The number of methoxy groups -OCH3 is 1. The molecule has 2 aliphatic heterocycles. The molecule has 2 fully saturated rings. The molecule has 0 amide bonds. The van der Waals surface area contributed by atoms with Crippen LogP contribution in [-0.4, -0.2) is 57.8 Å². The maximum absolute atomic E-state index is 13.3. The van der Waals surface area contributed by atoms with Crippen molar-refractivity contribution in [3.8, 4) is 5.75 Å². The molecule has 0 aromatic heterocycles. The zero-order valence-corrected chi connectivity index (χ0v) is 14.8. The number of halogens is 2. The van der Waals surface area contributed by atoms with Gasteiger partial charge in [0.1, 0.15) is 11.6 Å². The zero-order valence-electron chi connectivity index (χ0n) is 14.0. The van der Waals surface area contributed by atoms with Crippen LogP contribution >= 0.6 is 12.4 Å². The van der Waals surface area contributed by atoms with Crippen LogP contribution in [0.25, 0.3) is 0 Å². The van der Waals surface area contributed by atoms with Crippen molar-refractivity contribution < 1.29 is 9.13 Å². The zero-order chi connectivity index (χ0) is 15.6. The highest BCUT2D eigenvalue weighted by Gasteiger charge is 2.32. The van der Waals surface area contributed by atoms with Crippen molar-refractivity contribution in [1.82, 2.24) is 10.2 Å². The molecule has 1 unspecified atom stereocenters. The van der Waals surface area contributed by atoms with Crippen LogP contribution in [0.4, 0.5) is 10.1 Å². The van der Waals surface area contributed by atoms with Gasteiger partial charge in [0, 0.05) is 45.3 Å². The summed E-state index contributed by atoms with van der Waals surface area (Å²) in [5.74, 6) is 0.376. The number of anilines is 1. The van der Waals surface area contributed by atoms with E-state index in [9.17, 15) is 4.39 Å². The minimum atomic E-state index is -0.249. The molecule has 0 bridgehead atoms. The molecule has 2 saturated heterocycles. The monoisotopic (exact) mass is 343 g/mol. The lowest BCUT2D eigenvalue weighted by molar-refractivity contribution is 0.169. The minimum Gasteiger partial charge on any atom is -0.494 e. The molecule has 4 nitrogen and oxygen atoms in total. The van der Waals surface area contributed by atoms with E-state index in [0.29, 0.717) is 11.2 Å². The van der Waals surface area contributed by atoms with Gasteiger partial charge in [-0.2, -0.15) is 0 Å². The van der Waals surface area contributed by atoms with Gasteiger partial charge >= 0.3 is 0 Å². The lowest BCUT2D eigenvalue weighted by Crippen LogP contribution is -2.50. The van der Waals surface area contributed by atoms with E-state index >= 15 is 0 Å². The SMILES string of the molecule is COc1cc(F)ccc1N1CCN(CC2(C)CCNC2)CC1.Cl. The third-order valence-electron chi connectivity index (χ3n) is 4.92. The first kappa shape index (κ1) is 18.3. The molecule has 6 heteroatoms. The van der Waals surface area contributed by atoms with Crippen molar-refractivity contribution in [1.29, 1.82) is 0 Å². The van der Waals surface area contributed by atoms with Crippen LogP contribution in [0.2, 0.25) is 0 Å². The average Bonchev–Trinajstić information content (AvgIpc) is 2.94. The molecule has 0 saturated carbocycles. The van der Waals surface area contributed by atoms with Crippen molar-refractivity contribution in [2.75, 3.05) is 57.8 Å². The summed E-state index contributed by atoms with van der Waals surface area (Å²) >= 11 is 0. The summed E-state index contributed by atoms with van der Waals surface area (Å²) in [6, 6.07) is 4.80. The number of rotatable bonds is 4. The van der Waals surface area contributed by atoms with Crippen molar-refractivity contribution in [3.05, 3.63) is 24.0 Å². The van der Waals surface area contributed by atoms with Crippen LogP contribution in [0.3, 0.4) is 0 Å². The number of hydrogen-bond donors (Lipinski definition) is 1. The first-order chi connectivity index (χ1) is 10.6. The fourth-order valence-corrected chi connectivity index (χ4v) is 3.60. The average molecular weight is 344 g/mol. The van der Waals surface area contributed by atoms with Crippen LogP contribution in [-0.2, 0) is 0 Å². The Morgan fingerprint density at radius 3 is 2.61 bits per heavy atom. The predicted molar refractivity (Wildman–Crippen MR) is 94.4 cm³/mol. The number of benzene rings is 1. The quantitative estimate of drug-likeness (QED) is 0.908. The first-order valence-electron chi connectivity index (χ1n) is 8.11. The largest absolute Gasteiger partial charge is 0.494 e. The Morgan fingerprint density at radius 2 is 2.00 bits per heavy atom. The molecule has 23 heavy (non-hydrogen) atoms. The van der Waals surface area contributed by atoms with E-state index in [4.69, 9.17) is 4.74 Å². The Hall–Kier alpha value is -1.04. The highest BCUT2D eigenvalue weighted by molar-refractivity contribution is 5.85. The van der Waals surface area contributed by atoms with E-state index in [-0.39, 0.29) is 18.2 Å². The van der Waals surface area contributed by atoms with E-state index in [1.807, 2.05) is 6.07 Å². The summed E-state index contributed by atoms with van der Waals surface area (Å²) in [7, 11) is 1.60. The molecule has 2 aliphatic rings. The normalized spacial score (nSPS) is 25.3. The van der Waals surface area contributed by atoms with E-state index in [0.717, 1.165) is 51.5 Å². The van der Waals surface area contributed by atoms with Gasteiger partial charge in [-0.25, -0.2) is 4.39 Å². The Kier molecular flexibility index (Phi) is 6.12. The van der Waals surface area contributed by atoms with Gasteiger partial charge < -0.3 is 15.0 Å². The second-order valence-corrected chi connectivity index (χ2v) is 6.82. The Balaban J connectivity index is 0.00000192. The van der Waals surface area contributed by atoms with Gasteiger partial charge in [0.15, 0.2) is 0 Å². The fraction of sp³-hybridized carbons (Fsp3) is 0.647. The lowest BCUT2D eigenvalue weighted by atomic mass is 9.89. The fourth-order valence-electron chi connectivity index (χ4n) is 3.60. The van der Waals surface area contributed by atoms with Crippen LogP contribution in [0.5, 0.6) is 5.75 Å². The van der Waals surface area contributed by atoms with Gasteiger partial charge in [-0.15, -0.1) is 12.4 Å². The number of ether oxygens (including phenoxy) is 1. The van der Waals surface area contributed by atoms with Crippen LogP contribution in [0.1, 0.15) is 13.3 Å². The number of piperazine rings is 1. The second-order valence-electron chi connectivity index (χ2n) is 6.82. The van der Waals surface area contributed by atoms with Crippen LogP contribution in [0, 0.1) is 11.2 Å². The van der Waals surface area contributed by atoms with Crippen molar-refractivity contribution in [3.63, 3.8) is 0 Å². The molecule has 1 atom stereocenters. The molecule has 1 aromatic carbocycles. The van der Waals surface area contributed by atoms with Crippen LogP contribution in [0.15, 0.2) is 18.2 Å². The summed E-state index contributed by atoms with van der Waals surface area (Å²) in [5, 5.41) is 3.47. The Labute approximate surface area is 144 Å². The van der Waals surface area contributed by atoms with Gasteiger partial charge in [0.2, 0.25) is 0 Å². The maximum Gasteiger partial charge on any atom is 0.145 e.